The first-order valence-corrected chi connectivity index (χ1v) is 19.8. The Morgan fingerprint density at radius 3 is 1.61 bits per heavy atom. The second kappa shape index (κ2) is 32.8. The minimum absolute atomic E-state index is 0.161. The van der Waals surface area contributed by atoms with E-state index in [0.29, 0.717) is 25.3 Å². The number of ether oxygens (including phenoxy) is 1. The molecule has 1 unspecified atom stereocenters. The highest BCUT2D eigenvalue weighted by atomic mass is 16.5. The Kier molecular flexibility index (Phi) is 29.9. The SMILES string of the molecule is CCCCC/C=C\C/C=C\CCCCCCCCOC(=N)CC1CCCN1C(=O)CCCCCCC/C=C\C/C=C\CCCCC. The Labute approximate surface area is 286 Å². The molecule has 0 aromatic carbocycles. The average molecular weight is 639 g/mol. The molecule has 1 amide bonds. The molecule has 1 rings (SSSR count). The number of allylic oxidation sites excluding steroid dienone is 8. The lowest BCUT2D eigenvalue weighted by molar-refractivity contribution is -0.132. The van der Waals surface area contributed by atoms with Gasteiger partial charge in [0.1, 0.15) is 0 Å². The van der Waals surface area contributed by atoms with Gasteiger partial charge in [0, 0.05) is 25.4 Å². The number of hydrogen-bond acceptors (Lipinski definition) is 3. The lowest BCUT2D eigenvalue weighted by Gasteiger charge is -2.25. The molecule has 1 heterocycles. The third-order valence-electron chi connectivity index (χ3n) is 9.08. The zero-order chi connectivity index (χ0) is 33.2. The van der Waals surface area contributed by atoms with E-state index in [2.05, 4.69) is 62.5 Å². The van der Waals surface area contributed by atoms with Crippen molar-refractivity contribution >= 4 is 11.8 Å². The van der Waals surface area contributed by atoms with E-state index in [4.69, 9.17) is 10.1 Å². The van der Waals surface area contributed by atoms with E-state index < -0.39 is 0 Å². The van der Waals surface area contributed by atoms with Crippen molar-refractivity contribution in [3.05, 3.63) is 48.6 Å². The number of carbonyl (C=O) groups excluding carboxylic acids is 1. The predicted molar refractivity (Wildman–Crippen MR) is 202 cm³/mol. The summed E-state index contributed by atoms with van der Waals surface area (Å²) in [5.41, 5.74) is 0. The van der Waals surface area contributed by atoms with Gasteiger partial charge in [0.15, 0.2) is 5.90 Å². The number of rotatable bonds is 31. The van der Waals surface area contributed by atoms with Crippen LogP contribution >= 0.6 is 0 Å². The van der Waals surface area contributed by atoms with E-state index >= 15 is 0 Å². The summed E-state index contributed by atoms with van der Waals surface area (Å²) in [7, 11) is 0. The van der Waals surface area contributed by atoms with Crippen molar-refractivity contribution in [1.29, 1.82) is 5.41 Å². The van der Waals surface area contributed by atoms with E-state index in [1.54, 1.807) is 0 Å². The average Bonchev–Trinajstić information content (AvgIpc) is 3.52. The Bertz CT molecular complexity index is 828. The van der Waals surface area contributed by atoms with E-state index in [1.807, 2.05) is 4.90 Å². The maximum Gasteiger partial charge on any atom is 0.222 e. The minimum Gasteiger partial charge on any atom is -0.481 e. The normalized spacial score (nSPS) is 15.4. The Balaban J connectivity index is 1.97. The van der Waals surface area contributed by atoms with Gasteiger partial charge in [-0.15, -0.1) is 0 Å². The first kappa shape index (κ1) is 41.9. The Morgan fingerprint density at radius 1 is 0.630 bits per heavy atom. The van der Waals surface area contributed by atoms with Gasteiger partial charge in [-0.05, 0) is 89.9 Å². The molecule has 1 aliphatic rings. The number of nitrogens with one attached hydrogen (secondary N) is 1. The molecule has 1 fully saturated rings. The molecule has 0 aromatic heterocycles. The molecule has 1 saturated heterocycles. The molecule has 0 radical (unpaired) electrons. The minimum atomic E-state index is 0.161. The highest BCUT2D eigenvalue weighted by Gasteiger charge is 2.29. The third kappa shape index (κ3) is 26.0. The molecule has 0 spiro atoms. The molecular formula is C42H74N2O2. The van der Waals surface area contributed by atoms with E-state index in [1.165, 1.54) is 116 Å². The van der Waals surface area contributed by atoms with Crippen LogP contribution in [0.5, 0.6) is 0 Å². The zero-order valence-corrected chi connectivity index (χ0v) is 30.5. The fourth-order valence-electron chi connectivity index (χ4n) is 6.17. The highest BCUT2D eigenvalue weighted by molar-refractivity contribution is 5.79. The lowest BCUT2D eigenvalue weighted by Crippen LogP contribution is -2.37. The van der Waals surface area contributed by atoms with E-state index in [9.17, 15) is 4.79 Å². The molecule has 1 atom stereocenters. The van der Waals surface area contributed by atoms with Gasteiger partial charge in [-0.2, -0.15) is 0 Å². The van der Waals surface area contributed by atoms with Crippen LogP contribution in [0.3, 0.4) is 0 Å². The van der Waals surface area contributed by atoms with Gasteiger partial charge in [0.2, 0.25) is 5.91 Å². The topological polar surface area (TPSA) is 53.4 Å². The van der Waals surface area contributed by atoms with Crippen LogP contribution in [-0.2, 0) is 9.53 Å². The summed E-state index contributed by atoms with van der Waals surface area (Å²) in [5, 5.41) is 8.32. The quantitative estimate of drug-likeness (QED) is 0.0355. The number of likely N-dealkylation sites (tertiary alicyclic amines) is 1. The second-order valence-corrected chi connectivity index (χ2v) is 13.4. The van der Waals surface area contributed by atoms with Gasteiger partial charge in [0.25, 0.3) is 0 Å². The van der Waals surface area contributed by atoms with Crippen LogP contribution in [0.1, 0.15) is 187 Å². The molecule has 46 heavy (non-hydrogen) atoms. The lowest BCUT2D eigenvalue weighted by atomic mass is 10.1. The van der Waals surface area contributed by atoms with Crippen LogP contribution in [0.4, 0.5) is 0 Å². The fraction of sp³-hybridized carbons (Fsp3) is 0.762. The maximum absolute atomic E-state index is 12.9. The van der Waals surface area contributed by atoms with Gasteiger partial charge >= 0.3 is 0 Å². The monoisotopic (exact) mass is 639 g/mol. The van der Waals surface area contributed by atoms with Crippen LogP contribution in [0.15, 0.2) is 48.6 Å². The molecule has 1 N–H and O–H groups in total. The smallest absolute Gasteiger partial charge is 0.222 e. The van der Waals surface area contributed by atoms with Gasteiger partial charge in [-0.1, -0.05) is 133 Å². The molecule has 4 heteroatoms. The Hall–Kier alpha value is -2.10. The van der Waals surface area contributed by atoms with Crippen molar-refractivity contribution < 1.29 is 9.53 Å². The summed E-state index contributed by atoms with van der Waals surface area (Å²) in [6, 6.07) is 0.161. The molecule has 264 valence electrons. The second-order valence-electron chi connectivity index (χ2n) is 13.4. The van der Waals surface area contributed by atoms with Crippen LogP contribution in [-0.4, -0.2) is 35.9 Å². The fourth-order valence-corrected chi connectivity index (χ4v) is 6.17. The van der Waals surface area contributed by atoms with Crippen molar-refractivity contribution in [2.75, 3.05) is 13.2 Å². The van der Waals surface area contributed by atoms with Gasteiger partial charge in [0.05, 0.1) is 6.61 Å². The van der Waals surface area contributed by atoms with Crippen molar-refractivity contribution in [2.24, 2.45) is 0 Å². The number of carbonyl (C=O) groups is 1. The number of nitrogens with zero attached hydrogens (tertiary/aromatic N) is 1. The molecule has 0 bridgehead atoms. The molecular weight excluding hydrogens is 564 g/mol. The number of unbranched alkanes of at least 4 members (excludes halogenated alkanes) is 17. The van der Waals surface area contributed by atoms with Crippen molar-refractivity contribution in [3.63, 3.8) is 0 Å². The summed E-state index contributed by atoms with van der Waals surface area (Å²) in [5.74, 6) is 0.649. The summed E-state index contributed by atoms with van der Waals surface area (Å²) < 4.78 is 5.76. The largest absolute Gasteiger partial charge is 0.481 e. The zero-order valence-electron chi connectivity index (χ0n) is 30.5. The van der Waals surface area contributed by atoms with Crippen LogP contribution in [0.2, 0.25) is 0 Å². The van der Waals surface area contributed by atoms with E-state index in [0.717, 1.165) is 51.5 Å². The van der Waals surface area contributed by atoms with Gasteiger partial charge < -0.3 is 9.64 Å². The molecule has 1 aliphatic heterocycles. The highest BCUT2D eigenvalue weighted by Crippen LogP contribution is 2.23. The molecule has 4 nitrogen and oxygen atoms in total. The predicted octanol–water partition coefficient (Wildman–Crippen LogP) is 13.0. The van der Waals surface area contributed by atoms with Crippen LogP contribution < -0.4 is 0 Å². The molecule has 0 aliphatic carbocycles. The molecule has 0 aromatic rings. The number of amides is 1. The number of hydrogen-bond donors (Lipinski definition) is 1. The van der Waals surface area contributed by atoms with E-state index in [-0.39, 0.29) is 11.9 Å². The summed E-state index contributed by atoms with van der Waals surface area (Å²) in [6.45, 7) is 5.99. The first-order valence-electron chi connectivity index (χ1n) is 19.8. The van der Waals surface area contributed by atoms with Crippen molar-refractivity contribution in [3.8, 4) is 0 Å². The van der Waals surface area contributed by atoms with Gasteiger partial charge in [-0.3, -0.25) is 10.2 Å². The van der Waals surface area contributed by atoms with Crippen LogP contribution in [0.25, 0.3) is 0 Å². The molecule has 0 saturated carbocycles. The van der Waals surface area contributed by atoms with Crippen molar-refractivity contribution in [2.45, 2.75) is 193 Å². The van der Waals surface area contributed by atoms with Gasteiger partial charge in [-0.25, -0.2) is 0 Å². The van der Waals surface area contributed by atoms with Crippen LogP contribution in [0, 0.1) is 5.41 Å². The van der Waals surface area contributed by atoms with Crippen molar-refractivity contribution in [1.82, 2.24) is 4.90 Å². The standard InChI is InChI=1S/C42H74N2O2/c1-3-5-7-9-11-13-15-17-19-21-23-25-27-29-31-33-38-46-41(43)39-40-35-34-37-44(40)42(45)36-32-30-28-26-24-22-20-18-16-14-12-10-8-6-4-2/h11-14,17-20,40,43H,3-10,15-16,21-39H2,1-2H3/b13-11-,14-12-,19-17-,20-18-,43-41?. The summed E-state index contributed by atoms with van der Waals surface area (Å²) >= 11 is 0. The third-order valence-corrected chi connectivity index (χ3v) is 9.08. The first-order chi connectivity index (χ1) is 22.7. The maximum atomic E-state index is 12.9. The summed E-state index contributed by atoms with van der Waals surface area (Å²) in [4.78, 5) is 14.9. The summed E-state index contributed by atoms with van der Waals surface area (Å²) in [6.07, 6.45) is 49.8. The Morgan fingerprint density at radius 2 is 1.09 bits per heavy atom.